The summed E-state index contributed by atoms with van der Waals surface area (Å²) in [7, 11) is 1.18. The van der Waals surface area contributed by atoms with E-state index < -0.39 is 42.5 Å². The van der Waals surface area contributed by atoms with E-state index in [0.717, 1.165) is 19.3 Å². The molecule has 1 heterocycles. The highest BCUT2D eigenvalue weighted by molar-refractivity contribution is 5.90. The Bertz CT molecular complexity index is 766. The molecule has 1 fully saturated rings. The van der Waals surface area contributed by atoms with Crippen molar-refractivity contribution in [2.75, 3.05) is 26.7 Å². The van der Waals surface area contributed by atoms with E-state index in [0.29, 0.717) is 25.9 Å². The summed E-state index contributed by atoms with van der Waals surface area (Å²) < 4.78 is 5.10. The Morgan fingerprint density at radius 1 is 1.22 bits per heavy atom. The van der Waals surface area contributed by atoms with Crippen LogP contribution in [0.3, 0.4) is 0 Å². The number of hydrogen-bond acceptors (Lipinski definition) is 8. The molecule has 0 aliphatic carbocycles. The largest absolute Gasteiger partial charge is 0.391 e. The van der Waals surface area contributed by atoms with Gasteiger partial charge in [-0.15, -0.1) is 0 Å². The van der Waals surface area contributed by atoms with Gasteiger partial charge in [0.1, 0.15) is 24.4 Å². The second-order valence-corrected chi connectivity index (χ2v) is 10.3. The van der Waals surface area contributed by atoms with E-state index in [9.17, 15) is 30.0 Å². The minimum Gasteiger partial charge on any atom is -0.391 e. The van der Waals surface area contributed by atoms with Crippen LogP contribution in [0.25, 0.3) is 10.4 Å². The maximum Gasteiger partial charge on any atom is 0.252 e. The van der Waals surface area contributed by atoms with Gasteiger partial charge in [-0.05, 0) is 36.6 Å². The van der Waals surface area contributed by atoms with Crippen molar-refractivity contribution in [1.82, 2.24) is 10.2 Å². The number of hydrogen-bond donors (Lipinski definition) is 5. The first kappa shape index (κ1) is 31.8. The summed E-state index contributed by atoms with van der Waals surface area (Å²) in [6.07, 6.45) is -0.462. The molecule has 0 aromatic rings. The van der Waals surface area contributed by atoms with Gasteiger partial charge in [0.2, 0.25) is 5.91 Å². The number of β-amino-alcohol motifs (C(OH)–C–C–N with tert-alkyl or cyclic N) is 1. The summed E-state index contributed by atoms with van der Waals surface area (Å²) in [5, 5.41) is 47.4. The van der Waals surface area contributed by atoms with Gasteiger partial charge in [-0.25, -0.2) is 0 Å². The van der Waals surface area contributed by atoms with Crippen molar-refractivity contribution in [2.24, 2.45) is 10.5 Å². The number of nitrogens with zero attached hydrogens (tertiary/aromatic N) is 4. The fraction of sp³-hybridized carbons (Fsp3) is 0.833. The number of nitrogens with one attached hydrogen (secondary N) is 1. The molecule has 0 unspecified atom stereocenters. The van der Waals surface area contributed by atoms with Crippen LogP contribution in [0.4, 0.5) is 0 Å². The number of azide groups is 1. The molecule has 6 atom stereocenters. The lowest BCUT2D eigenvalue weighted by Gasteiger charge is -2.29. The minimum atomic E-state index is -1.75. The fourth-order valence-electron chi connectivity index (χ4n) is 3.90. The number of rotatable bonds is 14. The number of amides is 2. The normalized spacial score (nSPS) is 22.4. The topological polar surface area (TPSA) is 188 Å². The highest BCUT2D eigenvalue weighted by Gasteiger charge is 2.38. The SMILES string of the molecule is CO[C@@H](C(=O)N[C@H]1CC[C@@H](O)CN(CCCCCCN=[N+]=[N-])C1=O)[C@H](O)[C@@H](O)[C@H](O)C=CC(C)(C)C. The lowest BCUT2D eigenvalue weighted by atomic mass is 9.94. The molecular weight excluding hydrogens is 470 g/mol. The van der Waals surface area contributed by atoms with Crippen LogP contribution in [0.5, 0.6) is 0 Å². The van der Waals surface area contributed by atoms with E-state index >= 15 is 0 Å². The molecule has 0 radical (unpaired) electrons. The summed E-state index contributed by atoms with van der Waals surface area (Å²) in [4.78, 5) is 30.2. The van der Waals surface area contributed by atoms with E-state index in [4.69, 9.17) is 10.3 Å². The summed E-state index contributed by atoms with van der Waals surface area (Å²) in [5.74, 6) is -1.14. The number of allylic oxidation sites excluding steroid dienone is 1. The zero-order chi connectivity index (χ0) is 27.3. The minimum absolute atomic E-state index is 0.158. The fourth-order valence-corrected chi connectivity index (χ4v) is 3.90. The van der Waals surface area contributed by atoms with Crippen LogP contribution in [0, 0.1) is 5.41 Å². The lowest BCUT2D eigenvalue weighted by molar-refractivity contribution is -0.151. The maximum absolute atomic E-state index is 13.1. The summed E-state index contributed by atoms with van der Waals surface area (Å²) in [5.41, 5.74) is 8.04. The third-order valence-corrected chi connectivity index (χ3v) is 5.96. The molecule has 1 rings (SSSR count). The van der Waals surface area contributed by atoms with Crippen LogP contribution in [0.2, 0.25) is 0 Å². The molecule has 0 aromatic carbocycles. The summed E-state index contributed by atoms with van der Waals surface area (Å²) in [6, 6.07) is -0.924. The lowest BCUT2D eigenvalue weighted by Crippen LogP contribution is -2.56. The van der Waals surface area contributed by atoms with Crippen molar-refractivity contribution in [2.45, 2.75) is 95.9 Å². The Morgan fingerprint density at radius 2 is 1.89 bits per heavy atom. The van der Waals surface area contributed by atoms with E-state index in [-0.39, 0.29) is 24.3 Å². The molecule has 1 aliphatic rings. The maximum atomic E-state index is 13.1. The summed E-state index contributed by atoms with van der Waals surface area (Å²) >= 11 is 0. The molecule has 0 aromatic heterocycles. The van der Waals surface area contributed by atoms with Gasteiger partial charge in [-0.2, -0.15) is 0 Å². The quantitative estimate of drug-likeness (QED) is 0.0753. The average Bonchev–Trinajstić information content (AvgIpc) is 2.94. The number of ether oxygens (including phenoxy) is 1. The molecule has 12 heteroatoms. The number of aliphatic hydroxyl groups is 4. The van der Waals surface area contributed by atoms with Gasteiger partial charge in [0, 0.05) is 31.7 Å². The molecule has 0 saturated carbocycles. The van der Waals surface area contributed by atoms with Gasteiger partial charge in [0.25, 0.3) is 5.91 Å². The second kappa shape index (κ2) is 15.8. The van der Waals surface area contributed by atoms with Crippen LogP contribution in [-0.4, -0.2) is 100 Å². The van der Waals surface area contributed by atoms with E-state index in [2.05, 4.69) is 15.3 Å². The number of methoxy groups -OCH3 is 1. The number of carbonyl (C=O) groups is 2. The Kier molecular flexibility index (Phi) is 14.0. The predicted octanol–water partition coefficient (Wildman–Crippen LogP) is 1.03. The van der Waals surface area contributed by atoms with Crippen molar-refractivity contribution in [3.8, 4) is 0 Å². The zero-order valence-electron chi connectivity index (χ0n) is 21.8. The predicted molar refractivity (Wildman–Crippen MR) is 134 cm³/mol. The monoisotopic (exact) mass is 513 g/mol. The second-order valence-electron chi connectivity index (χ2n) is 10.3. The molecule has 0 spiro atoms. The van der Waals surface area contributed by atoms with Crippen molar-refractivity contribution < 1.29 is 34.8 Å². The Balaban J connectivity index is 2.75. The van der Waals surface area contributed by atoms with Gasteiger partial charge in [0.05, 0.1) is 6.10 Å². The van der Waals surface area contributed by atoms with Crippen molar-refractivity contribution >= 4 is 11.8 Å². The standard InChI is InChI=1S/C24H43N5O7/c1-24(2,3)12-11-18(31)19(32)20(33)21(36-4)22(34)27-17-10-9-16(30)15-29(23(17)35)14-8-6-5-7-13-26-28-25/h11-12,16-21,30-33H,5-10,13-15H2,1-4H3,(H,27,34)/t16-,17+,18-,19+,20-,21-/m1/s1. The highest BCUT2D eigenvalue weighted by Crippen LogP contribution is 2.18. The zero-order valence-corrected chi connectivity index (χ0v) is 21.8. The number of unbranched alkanes of at least 4 members (excludes halogenated alkanes) is 3. The third-order valence-electron chi connectivity index (χ3n) is 5.96. The molecule has 12 nitrogen and oxygen atoms in total. The van der Waals surface area contributed by atoms with E-state index in [1.54, 1.807) is 6.08 Å². The van der Waals surface area contributed by atoms with Gasteiger partial charge < -0.3 is 35.4 Å². The van der Waals surface area contributed by atoms with Crippen LogP contribution >= 0.6 is 0 Å². The number of aliphatic hydroxyl groups excluding tert-OH is 4. The molecule has 5 N–H and O–H groups in total. The molecule has 1 aliphatic heterocycles. The molecule has 1 saturated heterocycles. The first-order valence-corrected chi connectivity index (χ1v) is 12.5. The van der Waals surface area contributed by atoms with Crippen molar-refractivity contribution in [3.05, 3.63) is 22.6 Å². The molecule has 2 amide bonds. The summed E-state index contributed by atoms with van der Waals surface area (Å²) in [6.45, 7) is 6.70. The van der Waals surface area contributed by atoms with Crippen molar-refractivity contribution in [1.29, 1.82) is 0 Å². The van der Waals surface area contributed by atoms with Gasteiger partial charge in [-0.3, -0.25) is 9.59 Å². The van der Waals surface area contributed by atoms with E-state index in [1.807, 2.05) is 20.8 Å². The third kappa shape index (κ3) is 11.2. The Morgan fingerprint density at radius 3 is 2.50 bits per heavy atom. The van der Waals surface area contributed by atoms with Crippen LogP contribution in [0.15, 0.2) is 17.3 Å². The molecule has 0 bridgehead atoms. The first-order chi connectivity index (χ1) is 16.9. The average molecular weight is 514 g/mol. The van der Waals surface area contributed by atoms with Crippen molar-refractivity contribution in [3.63, 3.8) is 0 Å². The van der Waals surface area contributed by atoms with Gasteiger partial charge >= 0.3 is 0 Å². The Labute approximate surface area is 212 Å². The molecule has 36 heavy (non-hydrogen) atoms. The molecule has 206 valence electrons. The van der Waals surface area contributed by atoms with E-state index in [1.165, 1.54) is 18.1 Å². The van der Waals surface area contributed by atoms with Gasteiger partial charge in [-0.1, -0.05) is 50.9 Å². The van der Waals surface area contributed by atoms with Crippen LogP contribution in [0.1, 0.15) is 59.3 Å². The van der Waals surface area contributed by atoms with Gasteiger partial charge in [0.15, 0.2) is 6.10 Å². The number of likely N-dealkylation sites (tertiary alicyclic amines) is 1. The molecular formula is C24H43N5O7. The highest BCUT2D eigenvalue weighted by atomic mass is 16.5. The Hall–Kier alpha value is -2.21. The number of carbonyl (C=O) groups excluding carboxylic acids is 2. The van der Waals surface area contributed by atoms with Crippen LogP contribution in [-0.2, 0) is 14.3 Å². The first-order valence-electron chi connectivity index (χ1n) is 12.5. The smallest absolute Gasteiger partial charge is 0.252 e. The van der Waals surface area contributed by atoms with Crippen LogP contribution < -0.4 is 5.32 Å².